The van der Waals surface area contributed by atoms with Gasteiger partial charge in [-0.3, -0.25) is 9.78 Å². The molecule has 0 radical (unpaired) electrons. The van der Waals surface area contributed by atoms with E-state index in [-0.39, 0.29) is 17.7 Å². The van der Waals surface area contributed by atoms with Crippen LogP contribution < -0.4 is 4.74 Å². The normalized spacial score (nSPS) is 12.2. The summed E-state index contributed by atoms with van der Waals surface area (Å²) in [7, 11) is 1.58. The SMILES string of the molecule is CCOC(=O)C(C)CCCc1c(F)cnc2ccc(OC)cc12. The van der Waals surface area contributed by atoms with Crippen LogP contribution in [0.25, 0.3) is 10.9 Å². The molecule has 0 saturated carbocycles. The fourth-order valence-electron chi connectivity index (χ4n) is 2.57. The van der Waals surface area contributed by atoms with E-state index in [9.17, 15) is 9.18 Å². The largest absolute Gasteiger partial charge is 0.497 e. The van der Waals surface area contributed by atoms with E-state index in [1.54, 1.807) is 26.2 Å². The molecule has 2 aromatic rings. The lowest BCUT2D eigenvalue weighted by Crippen LogP contribution is -2.14. The Bertz CT molecular complexity index is 687. The minimum absolute atomic E-state index is 0.180. The summed E-state index contributed by atoms with van der Waals surface area (Å²) in [6.07, 6.45) is 3.15. The van der Waals surface area contributed by atoms with Gasteiger partial charge >= 0.3 is 5.97 Å². The zero-order valence-electron chi connectivity index (χ0n) is 13.8. The van der Waals surface area contributed by atoms with E-state index in [0.717, 1.165) is 10.9 Å². The Morgan fingerprint density at radius 2 is 2.17 bits per heavy atom. The van der Waals surface area contributed by atoms with Crippen molar-refractivity contribution >= 4 is 16.9 Å². The van der Waals surface area contributed by atoms with Gasteiger partial charge < -0.3 is 9.47 Å². The molecule has 0 saturated heterocycles. The summed E-state index contributed by atoms with van der Waals surface area (Å²) in [6.45, 7) is 4.01. The number of hydrogen-bond donors (Lipinski definition) is 0. The highest BCUT2D eigenvalue weighted by Crippen LogP contribution is 2.26. The Kier molecular flexibility index (Phi) is 5.90. The molecule has 0 fully saturated rings. The minimum Gasteiger partial charge on any atom is -0.497 e. The van der Waals surface area contributed by atoms with Crippen molar-refractivity contribution in [3.63, 3.8) is 0 Å². The third kappa shape index (κ3) is 4.18. The van der Waals surface area contributed by atoms with Crippen molar-refractivity contribution in [1.29, 1.82) is 0 Å². The number of rotatable bonds is 7. The molecule has 124 valence electrons. The first-order chi connectivity index (χ1) is 11.1. The summed E-state index contributed by atoms with van der Waals surface area (Å²) in [5.41, 5.74) is 1.35. The highest BCUT2D eigenvalue weighted by Gasteiger charge is 2.15. The van der Waals surface area contributed by atoms with Crippen LogP contribution in [0.2, 0.25) is 0 Å². The van der Waals surface area contributed by atoms with Gasteiger partial charge in [-0.1, -0.05) is 6.92 Å². The molecule has 2 rings (SSSR count). The number of esters is 1. The van der Waals surface area contributed by atoms with E-state index >= 15 is 0 Å². The van der Waals surface area contributed by atoms with Gasteiger partial charge in [0, 0.05) is 5.39 Å². The molecule has 0 spiro atoms. The van der Waals surface area contributed by atoms with Gasteiger partial charge in [-0.05, 0) is 49.9 Å². The van der Waals surface area contributed by atoms with Crippen molar-refractivity contribution in [3.8, 4) is 5.75 Å². The van der Waals surface area contributed by atoms with Crippen molar-refractivity contribution < 1.29 is 18.7 Å². The summed E-state index contributed by atoms with van der Waals surface area (Å²) in [5.74, 6) is -0.0320. The summed E-state index contributed by atoms with van der Waals surface area (Å²) in [6, 6.07) is 5.42. The molecular weight excluding hydrogens is 297 g/mol. The average Bonchev–Trinajstić information content (AvgIpc) is 2.56. The first-order valence-electron chi connectivity index (χ1n) is 7.84. The highest BCUT2D eigenvalue weighted by atomic mass is 19.1. The fraction of sp³-hybridized carbons (Fsp3) is 0.444. The summed E-state index contributed by atoms with van der Waals surface area (Å²) < 4.78 is 24.4. The zero-order valence-corrected chi connectivity index (χ0v) is 13.8. The number of hydrogen-bond acceptors (Lipinski definition) is 4. The first kappa shape index (κ1) is 17.2. The molecular formula is C18H22FNO3. The van der Waals surface area contributed by atoms with E-state index < -0.39 is 0 Å². The van der Waals surface area contributed by atoms with Crippen molar-refractivity contribution in [2.45, 2.75) is 33.1 Å². The summed E-state index contributed by atoms with van der Waals surface area (Å²) >= 11 is 0. The minimum atomic E-state index is -0.324. The standard InChI is InChI=1S/C18H22FNO3/c1-4-23-18(21)12(2)6-5-7-14-15-10-13(22-3)8-9-17(15)20-11-16(14)19/h8-12H,4-7H2,1-3H3. The number of ether oxygens (including phenoxy) is 2. The Balaban J connectivity index is 2.13. The van der Waals surface area contributed by atoms with Crippen molar-refractivity contribution in [2.24, 2.45) is 5.92 Å². The van der Waals surface area contributed by atoms with Crippen LogP contribution in [0.1, 0.15) is 32.3 Å². The molecule has 4 nitrogen and oxygen atoms in total. The predicted octanol–water partition coefficient (Wildman–Crippen LogP) is 3.90. The number of pyridine rings is 1. The van der Waals surface area contributed by atoms with Crippen LogP contribution in [-0.4, -0.2) is 24.7 Å². The van der Waals surface area contributed by atoms with Gasteiger partial charge in [0.25, 0.3) is 0 Å². The topological polar surface area (TPSA) is 48.4 Å². The van der Waals surface area contributed by atoms with Crippen LogP contribution in [0.3, 0.4) is 0 Å². The van der Waals surface area contributed by atoms with Crippen LogP contribution in [0.5, 0.6) is 5.75 Å². The second kappa shape index (κ2) is 7.90. The Hall–Kier alpha value is -2.17. The molecule has 23 heavy (non-hydrogen) atoms. The van der Waals surface area contributed by atoms with E-state index in [1.807, 2.05) is 13.0 Å². The number of fused-ring (bicyclic) bond motifs is 1. The molecule has 1 aromatic heterocycles. The molecule has 1 aromatic carbocycles. The highest BCUT2D eigenvalue weighted by molar-refractivity contribution is 5.83. The van der Waals surface area contributed by atoms with Gasteiger partial charge in [0.15, 0.2) is 0 Å². The monoisotopic (exact) mass is 319 g/mol. The lowest BCUT2D eigenvalue weighted by molar-refractivity contribution is -0.147. The second-order valence-corrected chi connectivity index (χ2v) is 5.51. The first-order valence-corrected chi connectivity index (χ1v) is 7.84. The molecule has 0 amide bonds. The average molecular weight is 319 g/mol. The van der Waals surface area contributed by atoms with E-state index in [4.69, 9.17) is 9.47 Å². The zero-order chi connectivity index (χ0) is 16.8. The maximum atomic E-state index is 14.2. The molecule has 1 heterocycles. The van der Waals surface area contributed by atoms with Gasteiger partial charge in [0.05, 0.1) is 31.3 Å². The lowest BCUT2D eigenvalue weighted by atomic mass is 9.98. The molecule has 1 atom stereocenters. The maximum absolute atomic E-state index is 14.2. The van der Waals surface area contributed by atoms with Gasteiger partial charge in [0.2, 0.25) is 0 Å². The Labute approximate surface area is 135 Å². The Morgan fingerprint density at radius 3 is 2.87 bits per heavy atom. The molecule has 0 N–H and O–H groups in total. The number of benzene rings is 1. The van der Waals surface area contributed by atoms with Crippen molar-refractivity contribution in [1.82, 2.24) is 4.98 Å². The number of aromatic nitrogens is 1. The second-order valence-electron chi connectivity index (χ2n) is 5.51. The van der Waals surface area contributed by atoms with Gasteiger partial charge in [0.1, 0.15) is 11.6 Å². The number of carbonyl (C=O) groups excluding carboxylic acids is 1. The van der Waals surface area contributed by atoms with Gasteiger partial charge in [-0.2, -0.15) is 0 Å². The number of aryl methyl sites for hydroxylation is 1. The third-order valence-electron chi connectivity index (χ3n) is 3.89. The van der Waals surface area contributed by atoms with E-state index in [1.165, 1.54) is 6.20 Å². The van der Waals surface area contributed by atoms with Gasteiger partial charge in [-0.25, -0.2) is 4.39 Å². The van der Waals surface area contributed by atoms with Crippen molar-refractivity contribution in [2.75, 3.05) is 13.7 Å². The van der Waals surface area contributed by atoms with Crippen LogP contribution in [0.15, 0.2) is 24.4 Å². The van der Waals surface area contributed by atoms with Gasteiger partial charge in [-0.15, -0.1) is 0 Å². The lowest BCUT2D eigenvalue weighted by Gasteiger charge is -2.12. The van der Waals surface area contributed by atoms with Crippen LogP contribution in [-0.2, 0) is 16.0 Å². The maximum Gasteiger partial charge on any atom is 0.308 e. The third-order valence-corrected chi connectivity index (χ3v) is 3.89. The summed E-state index contributed by atoms with van der Waals surface area (Å²) in [5, 5.41) is 0.758. The molecule has 1 unspecified atom stereocenters. The number of nitrogens with zero attached hydrogens (tertiary/aromatic N) is 1. The fourth-order valence-corrected chi connectivity index (χ4v) is 2.57. The number of methoxy groups -OCH3 is 1. The van der Waals surface area contributed by atoms with E-state index in [2.05, 4.69) is 4.98 Å². The number of carbonyl (C=O) groups is 1. The molecule has 5 heteroatoms. The van der Waals surface area contributed by atoms with Crippen LogP contribution >= 0.6 is 0 Å². The molecule has 0 aliphatic carbocycles. The smallest absolute Gasteiger partial charge is 0.308 e. The quantitative estimate of drug-likeness (QED) is 0.726. The molecule has 0 aliphatic rings. The van der Waals surface area contributed by atoms with Crippen molar-refractivity contribution in [3.05, 3.63) is 35.8 Å². The molecule has 0 aliphatic heterocycles. The van der Waals surface area contributed by atoms with Crippen LogP contribution in [0, 0.1) is 11.7 Å². The predicted molar refractivity (Wildman–Crippen MR) is 87.0 cm³/mol. The number of halogens is 1. The summed E-state index contributed by atoms with van der Waals surface area (Å²) in [4.78, 5) is 15.7. The van der Waals surface area contributed by atoms with Crippen LogP contribution in [0.4, 0.5) is 4.39 Å². The Morgan fingerprint density at radius 1 is 1.39 bits per heavy atom. The molecule has 0 bridgehead atoms. The van der Waals surface area contributed by atoms with E-state index in [0.29, 0.717) is 37.2 Å².